The lowest BCUT2D eigenvalue weighted by molar-refractivity contribution is 0.116. The molecule has 0 saturated heterocycles. The molecule has 2 aromatic rings. The van der Waals surface area contributed by atoms with Crippen LogP contribution in [0, 0.1) is 0 Å². The Balaban J connectivity index is 1.42. The molecule has 0 radical (unpaired) electrons. The van der Waals surface area contributed by atoms with Gasteiger partial charge in [0.05, 0.1) is 6.61 Å². The maximum absolute atomic E-state index is 5.69. The molecule has 0 amide bonds. The second-order valence-electron chi connectivity index (χ2n) is 5.80. The Morgan fingerprint density at radius 3 is 2.14 bits per heavy atom. The van der Waals surface area contributed by atoms with Crippen LogP contribution in [0.15, 0.2) is 54.6 Å². The Labute approximate surface area is 134 Å². The van der Waals surface area contributed by atoms with Crippen molar-refractivity contribution in [3.8, 4) is 0 Å². The van der Waals surface area contributed by atoms with Crippen LogP contribution in [0.3, 0.4) is 0 Å². The van der Waals surface area contributed by atoms with Crippen molar-refractivity contribution in [3.05, 3.63) is 65.7 Å². The maximum Gasteiger partial charge on any atom is 0.0716 e. The van der Waals surface area contributed by atoms with Gasteiger partial charge in [-0.15, -0.1) is 0 Å². The molecule has 0 atom stereocenters. The van der Waals surface area contributed by atoms with E-state index < -0.39 is 0 Å². The quantitative estimate of drug-likeness (QED) is 0.496. The minimum atomic E-state index is 0.734. The monoisotopic (exact) mass is 297 g/mol. The van der Waals surface area contributed by atoms with Crippen molar-refractivity contribution in [1.82, 2.24) is 0 Å². The van der Waals surface area contributed by atoms with Gasteiger partial charge in [-0.3, -0.25) is 0 Å². The number of hydrogen-bond donors (Lipinski definition) is 1. The average molecular weight is 297 g/mol. The Kier molecular flexibility index (Phi) is 7.54. The number of benzene rings is 2. The van der Waals surface area contributed by atoms with Crippen molar-refractivity contribution in [2.24, 2.45) is 0 Å². The molecule has 0 heterocycles. The third-order valence-corrected chi connectivity index (χ3v) is 3.85. The van der Waals surface area contributed by atoms with Crippen LogP contribution >= 0.6 is 0 Å². The fraction of sp³-hybridized carbons (Fsp3) is 0.400. The summed E-state index contributed by atoms with van der Waals surface area (Å²) in [4.78, 5) is 0. The lowest BCUT2D eigenvalue weighted by Crippen LogP contribution is -1.95. The number of ether oxygens (including phenoxy) is 1. The van der Waals surface area contributed by atoms with E-state index in [-0.39, 0.29) is 0 Å². The van der Waals surface area contributed by atoms with Gasteiger partial charge in [0.15, 0.2) is 0 Å². The van der Waals surface area contributed by atoms with Gasteiger partial charge in [0.1, 0.15) is 0 Å². The SMILES string of the molecule is Nc1ccc(CCCCCCCOCc2ccccc2)cc1. The lowest BCUT2D eigenvalue weighted by atomic mass is 10.1. The lowest BCUT2D eigenvalue weighted by Gasteiger charge is -2.05. The van der Waals surface area contributed by atoms with Crippen LogP contribution in [0.1, 0.15) is 43.2 Å². The normalized spacial score (nSPS) is 10.7. The van der Waals surface area contributed by atoms with Crippen LogP contribution in [0.25, 0.3) is 0 Å². The summed E-state index contributed by atoms with van der Waals surface area (Å²) in [7, 11) is 0. The highest BCUT2D eigenvalue weighted by molar-refractivity contribution is 5.39. The van der Waals surface area contributed by atoms with Gasteiger partial charge in [0, 0.05) is 12.3 Å². The summed E-state index contributed by atoms with van der Waals surface area (Å²) in [6.07, 6.45) is 7.43. The first-order valence-electron chi connectivity index (χ1n) is 8.31. The van der Waals surface area contributed by atoms with E-state index in [1.165, 1.54) is 36.8 Å². The first-order valence-corrected chi connectivity index (χ1v) is 8.31. The average Bonchev–Trinajstić information content (AvgIpc) is 2.56. The zero-order valence-corrected chi connectivity index (χ0v) is 13.3. The minimum Gasteiger partial charge on any atom is -0.399 e. The first kappa shape index (κ1) is 16.6. The highest BCUT2D eigenvalue weighted by atomic mass is 16.5. The molecule has 0 aliphatic heterocycles. The number of unbranched alkanes of at least 4 members (excludes halogenated alkanes) is 4. The van der Waals surface area contributed by atoms with Crippen LogP contribution in [-0.2, 0) is 17.8 Å². The molecular weight excluding hydrogens is 270 g/mol. The van der Waals surface area contributed by atoms with E-state index in [0.29, 0.717) is 0 Å². The highest BCUT2D eigenvalue weighted by Crippen LogP contribution is 2.11. The molecule has 2 N–H and O–H groups in total. The molecule has 0 bridgehead atoms. The summed E-state index contributed by atoms with van der Waals surface area (Å²) in [6.45, 7) is 1.60. The number of hydrogen-bond acceptors (Lipinski definition) is 2. The van der Waals surface area contributed by atoms with Crippen LogP contribution in [0.5, 0.6) is 0 Å². The van der Waals surface area contributed by atoms with Crippen LogP contribution in [0.4, 0.5) is 5.69 Å². The molecule has 0 aliphatic carbocycles. The zero-order chi connectivity index (χ0) is 15.5. The summed E-state index contributed by atoms with van der Waals surface area (Å²) in [6, 6.07) is 18.6. The predicted octanol–water partition coefficient (Wildman–Crippen LogP) is 4.98. The smallest absolute Gasteiger partial charge is 0.0716 e. The fourth-order valence-corrected chi connectivity index (χ4v) is 2.51. The second-order valence-corrected chi connectivity index (χ2v) is 5.80. The predicted molar refractivity (Wildman–Crippen MR) is 93.7 cm³/mol. The molecule has 0 spiro atoms. The Bertz CT molecular complexity index is 507. The van der Waals surface area contributed by atoms with Crippen molar-refractivity contribution in [2.45, 2.75) is 45.1 Å². The van der Waals surface area contributed by atoms with E-state index in [1.54, 1.807) is 0 Å². The molecule has 0 saturated carbocycles. The van der Waals surface area contributed by atoms with E-state index in [4.69, 9.17) is 10.5 Å². The highest BCUT2D eigenvalue weighted by Gasteiger charge is 1.96. The van der Waals surface area contributed by atoms with E-state index in [2.05, 4.69) is 36.4 Å². The van der Waals surface area contributed by atoms with Gasteiger partial charge in [-0.1, -0.05) is 61.7 Å². The minimum absolute atomic E-state index is 0.734. The van der Waals surface area contributed by atoms with Gasteiger partial charge < -0.3 is 10.5 Å². The largest absolute Gasteiger partial charge is 0.399 e. The molecule has 0 fully saturated rings. The van der Waals surface area contributed by atoms with E-state index in [9.17, 15) is 0 Å². The molecule has 2 nitrogen and oxygen atoms in total. The maximum atomic E-state index is 5.69. The standard InChI is InChI=1S/C20H27NO/c21-20-14-12-18(13-15-20)9-5-2-1-3-8-16-22-17-19-10-6-4-7-11-19/h4,6-7,10-15H,1-3,5,8-9,16-17,21H2. The molecule has 2 rings (SSSR count). The molecule has 0 aliphatic rings. The second kappa shape index (κ2) is 10.0. The molecule has 0 aromatic heterocycles. The summed E-state index contributed by atoms with van der Waals surface area (Å²) in [5, 5.41) is 0. The van der Waals surface area contributed by atoms with Gasteiger partial charge in [-0.05, 0) is 42.5 Å². The van der Waals surface area contributed by atoms with Gasteiger partial charge in [0.25, 0.3) is 0 Å². The Morgan fingerprint density at radius 1 is 0.682 bits per heavy atom. The van der Waals surface area contributed by atoms with E-state index in [0.717, 1.165) is 31.7 Å². The van der Waals surface area contributed by atoms with Gasteiger partial charge in [-0.25, -0.2) is 0 Å². The van der Waals surface area contributed by atoms with Crippen molar-refractivity contribution in [2.75, 3.05) is 12.3 Å². The number of nitrogens with two attached hydrogens (primary N) is 1. The molecule has 118 valence electrons. The molecule has 2 heteroatoms. The Morgan fingerprint density at radius 2 is 1.36 bits per heavy atom. The Hall–Kier alpha value is -1.80. The third kappa shape index (κ3) is 6.77. The van der Waals surface area contributed by atoms with Crippen LogP contribution in [0.2, 0.25) is 0 Å². The van der Waals surface area contributed by atoms with Gasteiger partial charge in [-0.2, -0.15) is 0 Å². The first-order chi connectivity index (χ1) is 10.8. The van der Waals surface area contributed by atoms with Crippen LogP contribution in [-0.4, -0.2) is 6.61 Å². The van der Waals surface area contributed by atoms with Gasteiger partial charge >= 0.3 is 0 Å². The van der Waals surface area contributed by atoms with Crippen molar-refractivity contribution in [3.63, 3.8) is 0 Å². The third-order valence-electron chi connectivity index (χ3n) is 3.85. The van der Waals surface area contributed by atoms with E-state index >= 15 is 0 Å². The number of nitrogen functional groups attached to an aromatic ring is 1. The van der Waals surface area contributed by atoms with Crippen molar-refractivity contribution in [1.29, 1.82) is 0 Å². The number of aryl methyl sites for hydroxylation is 1. The summed E-state index contributed by atoms with van der Waals surface area (Å²) in [5.41, 5.74) is 9.18. The van der Waals surface area contributed by atoms with Crippen LogP contribution < -0.4 is 5.73 Å². The summed E-state index contributed by atoms with van der Waals surface area (Å²) >= 11 is 0. The molecule has 2 aromatic carbocycles. The molecular formula is C20H27NO. The summed E-state index contributed by atoms with van der Waals surface area (Å²) < 4.78 is 5.69. The molecule has 0 unspecified atom stereocenters. The zero-order valence-electron chi connectivity index (χ0n) is 13.3. The van der Waals surface area contributed by atoms with Crippen molar-refractivity contribution < 1.29 is 4.74 Å². The summed E-state index contributed by atoms with van der Waals surface area (Å²) in [5.74, 6) is 0. The number of anilines is 1. The van der Waals surface area contributed by atoms with Gasteiger partial charge in [0.2, 0.25) is 0 Å². The number of rotatable bonds is 10. The van der Waals surface area contributed by atoms with E-state index in [1.807, 2.05) is 18.2 Å². The topological polar surface area (TPSA) is 35.2 Å². The van der Waals surface area contributed by atoms with Crippen molar-refractivity contribution >= 4 is 5.69 Å². The molecule has 22 heavy (non-hydrogen) atoms. The fourth-order valence-electron chi connectivity index (χ4n) is 2.51.